The van der Waals surface area contributed by atoms with E-state index in [-0.39, 0.29) is 0 Å². The number of anilines is 1. The Labute approximate surface area is 99.3 Å². The third-order valence-corrected chi connectivity index (χ3v) is 3.72. The van der Waals surface area contributed by atoms with Crippen molar-refractivity contribution in [1.82, 2.24) is 0 Å². The van der Waals surface area contributed by atoms with Gasteiger partial charge >= 0.3 is 0 Å². The van der Waals surface area contributed by atoms with Crippen molar-refractivity contribution in [2.24, 2.45) is 5.92 Å². The number of benzene rings is 1. The van der Waals surface area contributed by atoms with Crippen molar-refractivity contribution in [2.45, 2.75) is 46.5 Å². The van der Waals surface area contributed by atoms with Crippen molar-refractivity contribution in [1.29, 1.82) is 0 Å². The molecule has 1 N–H and O–H groups in total. The van der Waals surface area contributed by atoms with Crippen molar-refractivity contribution in [3.05, 3.63) is 28.8 Å². The highest BCUT2D eigenvalue weighted by Gasteiger charge is 2.15. The van der Waals surface area contributed by atoms with E-state index in [4.69, 9.17) is 0 Å². The van der Waals surface area contributed by atoms with Gasteiger partial charge in [-0.2, -0.15) is 0 Å². The molecule has 1 aliphatic carbocycles. The van der Waals surface area contributed by atoms with Crippen LogP contribution in [0.2, 0.25) is 0 Å². The zero-order valence-corrected chi connectivity index (χ0v) is 10.8. The highest BCUT2D eigenvalue weighted by Crippen LogP contribution is 2.27. The van der Waals surface area contributed by atoms with Gasteiger partial charge in [0.2, 0.25) is 0 Å². The molecule has 1 fully saturated rings. The van der Waals surface area contributed by atoms with Crippen LogP contribution in [-0.4, -0.2) is 6.54 Å². The van der Waals surface area contributed by atoms with Gasteiger partial charge in [0, 0.05) is 12.2 Å². The molecule has 1 saturated carbocycles. The molecule has 2 rings (SSSR count). The van der Waals surface area contributed by atoms with E-state index in [0.29, 0.717) is 0 Å². The molecule has 0 amide bonds. The van der Waals surface area contributed by atoms with Gasteiger partial charge in [0.15, 0.2) is 0 Å². The predicted octanol–water partition coefficient (Wildman–Crippen LogP) is 4.21. The standard InChI is InChI=1S/C15H23N/c1-11-8-12(2)15(13(3)9-11)16-10-14-6-4-5-7-14/h8-9,14,16H,4-7,10H2,1-3H3. The van der Waals surface area contributed by atoms with Crippen molar-refractivity contribution >= 4 is 5.69 Å². The molecule has 0 bridgehead atoms. The molecule has 0 heterocycles. The lowest BCUT2D eigenvalue weighted by molar-refractivity contribution is 0.579. The van der Waals surface area contributed by atoms with E-state index in [9.17, 15) is 0 Å². The first-order valence-corrected chi connectivity index (χ1v) is 6.48. The number of nitrogens with one attached hydrogen (secondary N) is 1. The van der Waals surface area contributed by atoms with E-state index in [1.807, 2.05) is 0 Å². The van der Waals surface area contributed by atoms with E-state index in [1.165, 1.54) is 48.1 Å². The second-order valence-corrected chi connectivity index (χ2v) is 5.31. The van der Waals surface area contributed by atoms with Gasteiger partial charge in [0.1, 0.15) is 0 Å². The lowest BCUT2D eigenvalue weighted by Gasteiger charge is -2.16. The van der Waals surface area contributed by atoms with Gasteiger partial charge in [-0.15, -0.1) is 0 Å². The molecule has 0 atom stereocenters. The highest BCUT2D eigenvalue weighted by atomic mass is 14.9. The van der Waals surface area contributed by atoms with Gasteiger partial charge in [-0.25, -0.2) is 0 Å². The number of aryl methyl sites for hydroxylation is 3. The molecule has 0 aromatic heterocycles. The van der Waals surface area contributed by atoms with Gasteiger partial charge in [-0.3, -0.25) is 0 Å². The molecular weight excluding hydrogens is 194 g/mol. The normalized spacial score (nSPS) is 16.7. The number of rotatable bonds is 3. The maximum absolute atomic E-state index is 3.65. The summed E-state index contributed by atoms with van der Waals surface area (Å²) in [6.07, 6.45) is 5.68. The summed E-state index contributed by atoms with van der Waals surface area (Å²) in [5.74, 6) is 0.903. The molecule has 16 heavy (non-hydrogen) atoms. The molecule has 1 nitrogen and oxygen atoms in total. The van der Waals surface area contributed by atoms with Gasteiger partial charge in [-0.05, 0) is 50.7 Å². The fraction of sp³-hybridized carbons (Fsp3) is 0.600. The SMILES string of the molecule is Cc1cc(C)c(NCC2CCCC2)c(C)c1. The van der Waals surface area contributed by atoms with Gasteiger partial charge < -0.3 is 5.32 Å². The third kappa shape index (κ3) is 2.58. The van der Waals surface area contributed by atoms with Crippen molar-refractivity contribution in [3.8, 4) is 0 Å². The molecule has 1 aromatic rings. The Bertz CT molecular complexity index is 339. The van der Waals surface area contributed by atoms with Crippen LogP contribution in [-0.2, 0) is 0 Å². The summed E-state index contributed by atoms with van der Waals surface area (Å²) in [6, 6.07) is 4.54. The summed E-state index contributed by atoms with van der Waals surface area (Å²) in [5, 5.41) is 3.65. The van der Waals surface area contributed by atoms with E-state index in [0.717, 1.165) is 12.5 Å². The lowest BCUT2D eigenvalue weighted by Crippen LogP contribution is -2.12. The first kappa shape index (κ1) is 11.5. The topological polar surface area (TPSA) is 12.0 Å². The van der Waals surface area contributed by atoms with Crippen LogP contribution in [0.15, 0.2) is 12.1 Å². The minimum absolute atomic E-state index is 0.903. The first-order chi connectivity index (χ1) is 7.66. The summed E-state index contributed by atoms with van der Waals surface area (Å²) in [5.41, 5.74) is 5.49. The third-order valence-electron chi connectivity index (χ3n) is 3.72. The van der Waals surface area contributed by atoms with Crippen molar-refractivity contribution in [3.63, 3.8) is 0 Å². The summed E-state index contributed by atoms with van der Waals surface area (Å²) in [6.45, 7) is 7.74. The summed E-state index contributed by atoms with van der Waals surface area (Å²) in [7, 11) is 0. The first-order valence-electron chi connectivity index (χ1n) is 6.48. The second-order valence-electron chi connectivity index (χ2n) is 5.31. The maximum atomic E-state index is 3.65. The number of hydrogen-bond donors (Lipinski definition) is 1. The van der Waals surface area contributed by atoms with Crippen LogP contribution in [0, 0.1) is 26.7 Å². The molecule has 1 aliphatic rings. The summed E-state index contributed by atoms with van der Waals surface area (Å²) in [4.78, 5) is 0. The van der Waals surface area contributed by atoms with Crippen LogP contribution in [0.5, 0.6) is 0 Å². The summed E-state index contributed by atoms with van der Waals surface area (Å²) < 4.78 is 0. The van der Waals surface area contributed by atoms with E-state index >= 15 is 0 Å². The second kappa shape index (κ2) is 4.90. The van der Waals surface area contributed by atoms with E-state index < -0.39 is 0 Å². The fourth-order valence-corrected chi connectivity index (χ4v) is 2.92. The Morgan fingerprint density at radius 3 is 2.19 bits per heavy atom. The molecular formula is C15H23N. The van der Waals surface area contributed by atoms with Gasteiger partial charge in [0.25, 0.3) is 0 Å². The minimum Gasteiger partial charge on any atom is -0.384 e. The summed E-state index contributed by atoms with van der Waals surface area (Å²) >= 11 is 0. The molecule has 0 radical (unpaired) electrons. The van der Waals surface area contributed by atoms with Crippen molar-refractivity contribution in [2.75, 3.05) is 11.9 Å². The molecule has 0 saturated heterocycles. The Hall–Kier alpha value is -0.980. The monoisotopic (exact) mass is 217 g/mol. The van der Waals surface area contributed by atoms with Crippen LogP contribution in [0.1, 0.15) is 42.4 Å². The lowest BCUT2D eigenvalue weighted by atomic mass is 10.0. The average Bonchev–Trinajstić information content (AvgIpc) is 2.68. The Balaban J connectivity index is 2.03. The van der Waals surface area contributed by atoms with Crippen LogP contribution < -0.4 is 5.32 Å². The smallest absolute Gasteiger partial charge is 0.0399 e. The predicted molar refractivity (Wildman–Crippen MR) is 71.1 cm³/mol. The number of hydrogen-bond acceptors (Lipinski definition) is 1. The zero-order valence-electron chi connectivity index (χ0n) is 10.8. The molecule has 0 unspecified atom stereocenters. The largest absolute Gasteiger partial charge is 0.384 e. The minimum atomic E-state index is 0.903. The van der Waals surface area contributed by atoms with Crippen LogP contribution >= 0.6 is 0 Å². The average molecular weight is 217 g/mol. The zero-order chi connectivity index (χ0) is 11.5. The highest BCUT2D eigenvalue weighted by molar-refractivity contribution is 5.58. The van der Waals surface area contributed by atoms with Gasteiger partial charge in [-0.1, -0.05) is 30.5 Å². The molecule has 88 valence electrons. The molecule has 1 aromatic carbocycles. The maximum Gasteiger partial charge on any atom is 0.0399 e. The van der Waals surface area contributed by atoms with Crippen molar-refractivity contribution < 1.29 is 0 Å². The van der Waals surface area contributed by atoms with E-state index in [1.54, 1.807) is 0 Å². The Morgan fingerprint density at radius 2 is 1.62 bits per heavy atom. The van der Waals surface area contributed by atoms with Crippen LogP contribution in [0.4, 0.5) is 5.69 Å². The molecule has 0 spiro atoms. The van der Waals surface area contributed by atoms with Crippen LogP contribution in [0.3, 0.4) is 0 Å². The van der Waals surface area contributed by atoms with Gasteiger partial charge in [0.05, 0.1) is 0 Å². The molecule has 1 heteroatoms. The van der Waals surface area contributed by atoms with Crippen LogP contribution in [0.25, 0.3) is 0 Å². The molecule has 0 aliphatic heterocycles. The van der Waals surface area contributed by atoms with E-state index in [2.05, 4.69) is 38.2 Å². The Morgan fingerprint density at radius 1 is 1.06 bits per heavy atom. The Kier molecular flexibility index (Phi) is 3.52. The quantitative estimate of drug-likeness (QED) is 0.799. The fourth-order valence-electron chi connectivity index (χ4n) is 2.92.